The van der Waals surface area contributed by atoms with Gasteiger partial charge in [-0.15, -0.1) is 0 Å². The summed E-state index contributed by atoms with van der Waals surface area (Å²) in [4.78, 5) is 23.1. The van der Waals surface area contributed by atoms with E-state index in [-0.39, 0.29) is 28.4 Å². The van der Waals surface area contributed by atoms with E-state index in [0.717, 1.165) is 5.32 Å². The molecule has 0 atom stereocenters. The van der Waals surface area contributed by atoms with Gasteiger partial charge in [0.15, 0.2) is 11.6 Å². The number of phenols is 1. The van der Waals surface area contributed by atoms with Gasteiger partial charge < -0.3 is 5.11 Å². The fourth-order valence-electron chi connectivity index (χ4n) is 2.12. The van der Waals surface area contributed by atoms with Crippen LogP contribution >= 0.6 is 0 Å². The van der Waals surface area contributed by atoms with Crippen molar-refractivity contribution in [2.75, 3.05) is 0 Å². The van der Waals surface area contributed by atoms with Crippen molar-refractivity contribution in [3.63, 3.8) is 0 Å². The summed E-state index contributed by atoms with van der Waals surface area (Å²) in [7, 11) is 0. The van der Waals surface area contributed by atoms with Crippen molar-refractivity contribution in [2.24, 2.45) is 0 Å². The average Bonchev–Trinajstić information content (AvgIpc) is 2.54. The molecular formula is C18H16O3Se. The molecule has 0 radical (unpaired) electrons. The van der Waals surface area contributed by atoms with Crippen LogP contribution < -0.4 is 0 Å². The second kappa shape index (κ2) is 7.21. The van der Waals surface area contributed by atoms with Crippen molar-refractivity contribution in [2.45, 2.75) is 12.2 Å². The SMILES string of the molecule is CC1=CC(=O)c2c(O)cccc2C1=O.[SeH]Cc1ccccc1. The Bertz CT molecular complexity index is 733. The van der Waals surface area contributed by atoms with Crippen LogP contribution in [0.3, 0.4) is 0 Å². The Hall–Kier alpha value is -2.16. The second-order valence-corrected chi connectivity index (χ2v) is 5.53. The minimum atomic E-state index is -0.310. The Balaban J connectivity index is 0.000000188. The van der Waals surface area contributed by atoms with E-state index in [1.54, 1.807) is 19.1 Å². The first-order chi connectivity index (χ1) is 10.5. The van der Waals surface area contributed by atoms with Crippen molar-refractivity contribution in [3.8, 4) is 5.75 Å². The maximum absolute atomic E-state index is 11.6. The van der Waals surface area contributed by atoms with Crippen molar-refractivity contribution in [1.82, 2.24) is 0 Å². The predicted molar refractivity (Wildman–Crippen MR) is 87.8 cm³/mol. The summed E-state index contributed by atoms with van der Waals surface area (Å²) in [6, 6.07) is 14.9. The molecule has 3 nitrogen and oxygen atoms in total. The first-order valence-electron chi connectivity index (χ1n) is 6.78. The number of carbonyl (C=O) groups is 2. The number of benzene rings is 2. The number of hydrogen-bond acceptors (Lipinski definition) is 3. The predicted octanol–water partition coefficient (Wildman–Crippen LogP) is 2.80. The molecule has 0 spiro atoms. The van der Waals surface area contributed by atoms with Crippen LogP contribution in [0.1, 0.15) is 33.2 Å². The minimum absolute atomic E-state index is 0.114. The van der Waals surface area contributed by atoms with Gasteiger partial charge in [-0.1, -0.05) is 12.1 Å². The van der Waals surface area contributed by atoms with E-state index < -0.39 is 0 Å². The summed E-state index contributed by atoms with van der Waals surface area (Å²) in [6.07, 6.45) is 1.25. The van der Waals surface area contributed by atoms with Crippen molar-refractivity contribution in [1.29, 1.82) is 0 Å². The second-order valence-electron chi connectivity index (χ2n) is 4.86. The van der Waals surface area contributed by atoms with Gasteiger partial charge in [-0.05, 0) is 19.1 Å². The monoisotopic (exact) mass is 360 g/mol. The number of Topliss-reactive ketones (excluding diaryl/α,β-unsaturated/α-hetero) is 1. The summed E-state index contributed by atoms with van der Waals surface area (Å²) in [5.74, 6) is -0.643. The van der Waals surface area contributed by atoms with Gasteiger partial charge in [-0.25, -0.2) is 0 Å². The number of allylic oxidation sites excluding steroid dienone is 2. The Morgan fingerprint density at radius 3 is 2.27 bits per heavy atom. The molecule has 0 fully saturated rings. The third-order valence-electron chi connectivity index (χ3n) is 3.26. The number of phenolic OH excluding ortho intramolecular Hbond substituents is 1. The van der Waals surface area contributed by atoms with Gasteiger partial charge in [0, 0.05) is 11.1 Å². The maximum atomic E-state index is 11.6. The molecule has 0 aliphatic heterocycles. The zero-order chi connectivity index (χ0) is 16.1. The standard InChI is InChI=1S/C11H8O3.C7H8Se/c1-6-5-9(13)10-7(11(6)14)3-2-4-8(10)12;8-6-7-4-2-1-3-5-7/h2-5,12H,1H3;1-5,8H,6H2. The molecule has 1 aliphatic carbocycles. The van der Waals surface area contributed by atoms with E-state index in [0.29, 0.717) is 5.57 Å². The summed E-state index contributed by atoms with van der Waals surface area (Å²) >= 11 is 2.56. The van der Waals surface area contributed by atoms with Crippen LogP contribution in [0, 0.1) is 0 Å². The van der Waals surface area contributed by atoms with E-state index in [2.05, 4.69) is 40.3 Å². The van der Waals surface area contributed by atoms with Crippen LogP contribution in [-0.2, 0) is 5.32 Å². The van der Waals surface area contributed by atoms with Gasteiger partial charge in [-0.3, -0.25) is 9.59 Å². The zero-order valence-electron chi connectivity index (χ0n) is 12.1. The summed E-state index contributed by atoms with van der Waals surface area (Å²) in [6.45, 7) is 1.59. The van der Waals surface area contributed by atoms with Crippen LogP contribution in [0.15, 0.2) is 60.2 Å². The van der Waals surface area contributed by atoms with Gasteiger partial charge in [0.25, 0.3) is 0 Å². The van der Waals surface area contributed by atoms with Crippen molar-refractivity contribution >= 4 is 27.6 Å². The van der Waals surface area contributed by atoms with E-state index in [4.69, 9.17) is 0 Å². The Morgan fingerprint density at radius 1 is 1.00 bits per heavy atom. The molecule has 0 bridgehead atoms. The van der Waals surface area contributed by atoms with E-state index in [1.165, 1.54) is 17.7 Å². The van der Waals surface area contributed by atoms with Crippen LogP contribution in [-0.4, -0.2) is 32.7 Å². The molecule has 2 aromatic rings. The van der Waals surface area contributed by atoms with Gasteiger partial charge in [0.2, 0.25) is 0 Å². The number of hydrogen-bond donors (Lipinski definition) is 1. The van der Waals surface area contributed by atoms with Gasteiger partial charge in [0.1, 0.15) is 5.75 Å². The molecular weight excluding hydrogens is 343 g/mol. The topological polar surface area (TPSA) is 54.4 Å². The molecule has 3 rings (SSSR count). The number of ketones is 2. The molecule has 0 saturated heterocycles. The molecule has 0 unspecified atom stereocenters. The summed E-state index contributed by atoms with van der Waals surface area (Å²) in [5.41, 5.74) is 2.19. The summed E-state index contributed by atoms with van der Waals surface area (Å²) in [5, 5.41) is 10.5. The van der Waals surface area contributed by atoms with Crippen molar-refractivity contribution < 1.29 is 14.7 Å². The third kappa shape index (κ3) is 3.53. The number of aromatic hydroxyl groups is 1. The van der Waals surface area contributed by atoms with Gasteiger partial charge in [-0.2, -0.15) is 0 Å². The molecule has 22 heavy (non-hydrogen) atoms. The number of carbonyl (C=O) groups excluding carboxylic acids is 2. The molecule has 4 heteroatoms. The normalized spacial score (nSPS) is 12.9. The zero-order valence-corrected chi connectivity index (χ0v) is 14.0. The van der Waals surface area contributed by atoms with Crippen LogP contribution in [0.4, 0.5) is 0 Å². The molecule has 0 amide bonds. The summed E-state index contributed by atoms with van der Waals surface area (Å²) < 4.78 is 0. The Labute approximate surface area is 137 Å². The first kappa shape index (κ1) is 16.2. The number of rotatable bonds is 1. The molecule has 112 valence electrons. The van der Waals surface area contributed by atoms with E-state index in [9.17, 15) is 14.7 Å². The third-order valence-corrected chi connectivity index (χ3v) is 4.03. The molecule has 2 aromatic carbocycles. The fraction of sp³-hybridized carbons (Fsp3) is 0.111. The molecule has 0 saturated carbocycles. The van der Waals surface area contributed by atoms with E-state index in [1.807, 2.05) is 6.07 Å². The van der Waals surface area contributed by atoms with Crippen molar-refractivity contribution in [3.05, 3.63) is 76.9 Å². The quantitative estimate of drug-likeness (QED) is 0.797. The molecule has 1 N–H and O–H groups in total. The Morgan fingerprint density at radius 2 is 1.68 bits per heavy atom. The van der Waals surface area contributed by atoms with E-state index >= 15 is 0 Å². The molecule has 0 aromatic heterocycles. The average molecular weight is 359 g/mol. The van der Waals surface area contributed by atoms with Crippen LogP contribution in [0.5, 0.6) is 5.75 Å². The fourth-order valence-corrected chi connectivity index (χ4v) is 2.56. The molecule has 0 heterocycles. The molecule has 1 aliphatic rings. The Kier molecular flexibility index (Phi) is 5.31. The first-order valence-corrected chi connectivity index (χ1v) is 8.11. The van der Waals surface area contributed by atoms with Crippen LogP contribution in [0.25, 0.3) is 0 Å². The van der Waals surface area contributed by atoms with Gasteiger partial charge in [0.05, 0.1) is 5.56 Å². The van der Waals surface area contributed by atoms with Gasteiger partial charge >= 0.3 is 57.2 Å². The van der Waals surface area contributed by atoms with Crippen LogP contribution in [0.2, 0.25) is 0 Å². The number of fused-ring (bicyclic) bond motifs is 1.